The number of ether oxygens (including phenoxy) is 1. The van der Waals surface area contributed by atoms with Crippen LogP contribution in [-0.4, -0.2) is 12.5 Å². The Morgan fingerprint density at radius 3 is 2.48 bits per heavy atom. The standard InChI is InChI=1S/C16H15Cl2NO2/c1-10-3-4-12(8-15(10)18)19-16(20)9-21-13-5-6-14(17)11(2)7-13/h3-8H,9H2,1-2H3,(H,19,20). The van der Waals surface area contributed by atoms with Crippen LogP contribution < -0.4 is 10.1 Å². The van der Waals surface area contributed by atoms with E-state index in [-0.39, 0.29) is 12.5 Å². The zero-order valence-corrected chi connectivity index (χ0v) is 13.3. The molecule has 21 heavy (non-hydrogen) atoms. The summed E-state index contributed by atoms with van der Waals surface area (Å²) in [6.07, 6.45) is 0. The summed E-state index contributed by atoms with van der Waals surface area (Å²) in [6.45, 7) is 3.70. The van der Waals surface area contributed by atoms with E-state index in [4.69, 9.17) is 27.9 Å². The third-order valence-corrected chi connectivity index (χ3v) is 3.79. The first kappa shape index (κ1) is 15.7. The van der Waals surface area contributed by atoms with Gasteiger partial charge in [-0.1, -0.05) is 29.3 Å². The lowest BCUT2D eigenvalue weighted by atomic mass is 10.2. The third kappa shape index (κ3) is 4.38. The Kier molecular flexibility index (Phi) is 5.10. The molecule has 0 aliphatic heterocycles. The lowest BCUT2D eigenvalue weighted by molar-refractivity contribution is -0.118. The highest BCUT2D eigenvalue weighted by molar-refractivity contribution is 6.31. The van der Waals surface area contributed by atoms with Crippen LogP contribution in [0.1, 0.15) is 11.1 Å². The molecule has 0 aromatic heterocycles. The molecule has 0 bridgehead atoms. The van der Waals surface area contributed by atoms with Crippen molar-refractivity contribution in [3.63, 3.8) is 0 Å². The predicted molar refractivity (Wildman–Crippen MR) is 86.5 cm³/mol. The van der Waals surface area contributed by atoms with Gasteiger partial charge in [-0.2, -0.15) is 0 Å². The first-order valence-electron chi connectivity index (χ1n) is 6.40. The monoisotopic (exact) mass is 323 g/mol. The van der Waals surface area contributed by atoms with Crippen LogP contribution in [0.25, 0.3) is 0 Å². The average Bonchev–Trinajstić information content (AvgIpc) is 2.44. The highest BCUT2D eigenvalue weighted by Gasteiger charge is 2.06. The number of hydrogen-bond acceptors (Lipinski definition) is 2. The lowest BCUT2D eigenvalue weighted by Crippen LogP contribution is -2.20. The molecule has 3 nitrogen and oxygen atoms in total. The second kappa shape index (κ2) is 6.83. The fourth-order valence-electron chi connectivity index (χ4n) is 1.72. The van der Waals surface area contributed by atoms with Crippen LogP contribution in [0.4, 0.5) is 5.69 Å². The largest absolute Gasteiger partial charge is 0.484 e. The van der Waals surface area contributed by atoms with Crippen LogP contribution in [0.15, 0.2) is 36.4 Å². The van der Waals surface area contributed by atoms with Crippen LogP contribution in [0.3, 0.4) is 0 Å². The number of nitrogens with one attached hydrogen (secondary N) is 1. The smallest absolute Gasteiger partial charge is 0.262 e. The van der Waals surface area contributed by atoms with Gasteiger partial charge in [-0.3, -0.25) is 4.79 Å². The Hall–Kier alpha value is -1.71. The highest BCUT2D eigenvalue weighted by atomic mass is 35.5. The van der Waals surface area contributed by atoms with E-state index in [1.165, 1.54) is 0 Å². The van der Waals surface area contributed by atoms with E-state index in [0.717, 1.165) is 11.1 Å². The minimum absolute atomic E-state index is 0.0768. The number of halogens is 2. The second-order valence-electron chi connectivity index (χ2n) is 4.71. The molecule has 0 fully saturated rings. The molecule has 0 atom stereocenters. The normalized spacial score (nSPS) is 10.3. The van der Waals surface area contributed by atoms with Gasteiger partial charge in [-0.15, -0.1) is 0 Å². The number of amides is 1. The molecular weight excluding hydrogens is 309 g/mol. The van der Waals surface area contributed by atoms with E-state index >= 15 is 0 Å². The van der Waals surface area contributed by atoms with Crippen LogP contribution in [-0.2, 0) is 4.79 Å². The average molecular weight is 324 g/mol. The van der Waals surface area contributed by atoms with Crippen molar-refractivity contribution in [2.45, 2.75) is 13.8 Å². The molecule has 0 saturated carbocycles. The van der Waals surface area contributed by atoms with Crippen molar-refractivity contribution in [2.75, 3.05) is 11.9 Å². The summed E-state index contributed by atoms with van der Waals surface area (Å²) in [5.41, 5.74) is 2.51. The molecule has 110 valence electrons. The lowest BCUT2D eigenvalue weighted by Gasteiger charge is -2.09. The fraction of sp³-hybridized carbons (Fsp3) is 0.188. The fourth-order valence-corrected chi connectivity index (χ4v) is 2.02. The molecule has 0 aliphatic carbocycles. The van der Waals surface area contributed by atoms with E-state index in [1.54, 1.807) is 30.3 Å². The van der Waals surface area contributed by atoms with Gasteiger partial charge in [0.1, 0.15) is 5.75 Å². The SMILES string of the molecule is Cc1cc(OCC(=O)Nc2ccc(C)c(Cl)c2)ccc1Cl. The van der Waals surface area contributed by atoms with Crippen molar-refractivity contribution in [1.29, 1.82) is 0 Å². The summed E-state index contributed by atoms with van der Waals surface area (Å²) in [6, 6.07) is 10.6. The van der Waals surface area contributed by atoms with E-state index in [1.807, 2.05) is 19.9 Å². The summed E-state index contributed by atoms with van der Waals surface area (Å²) in [7, 11) is 0. The van der Waals surface area contributed by atoms with E-state index in [9.17, 15) is 4.79 Å². The molecule has 0 unspecified atom stereocenters. The summed E-state index contributed by atoms with van der Waals surface area (Å²) in [5, 5.41) is 4.01. The van der Waals surface area contributed by atoms with Crippen molar-refractivity contribution in [3.8, 4) is 5.75 Å². The van der Waals surface area contributed by atoms with Crippen molar-refractivity contribution >= 4 is 34.8 Å². The van der Waals surface area contributed by atoms with E-state index in [2.05, 4.69) is 5.32 Å². The molecule has 0 spiro atoms. The molecule has 0 radical (unpaired) electrons. The van der Waals surface area contributed by atoms with Gasteiger partial charge in [0.25, 0.3) is 5.91 Å². The van der Waals surface area contributed by atoms with Crippen LogP contribution in [0.5, 0.6) is 5.75 Å². The molecular formula is C16H15Cl2NO2. The maximum Gasteiger partial charge on any atom is 0.262 e. The molecule has 1 amide bonds. The maximum absolute atomic E-state index is 11.8. The van der Waals surface area contributed by atoms with E-state index in [0.29, 0.717) is 21.5 Å². The van der Waals surface area contributed by atoms with Crippen molar-refractivity contribution < 1.29 is 9.53 Å². The zero-order chi connectivity index (χ0) is 15.4. The molecule has 1 N–H and O–H groups in total. The number of carbonyl (C=O) groups is 1. The zero-order valence-electron chi connectivity index (χ0n) is 11.7. The summed E-state index contributed by atoms with van der Waals surface area (Å²) in [5.74, 6) is 0.358. The van der Waals surface area contributed by atoms with Gasteiger partial charge in [-0.05, 0) is 55.3 Å². The van der Waals surface area contributed by atoms with Crippen molar-refractivity contribution in [2.24, 2.45) is 0 Å². The quantitative estimate of drug-likeness (QED) is 0.890. The Bertz CT molecular complexity index is 671. The van der Waals surface area contributed by atoms with Gasteiger partial charge < -0.3 is 10.1 Å². The molecule has 0 saturated heterocycles. The van der Waals surface area contributed by atoms with Crippen LogP contribution in [0, 0.1) is 13.8 Å². The molecule has 2 rings (SSSR count). The first-order valence-corrected chi connectivity index (χ1v) is 7.16. The van der Waals surface area contributed by atoms with Crippen LogP contribution >= 0.6 is 23.2 Å². The minimum atomic E-state index is -0.248. The Balaban J connectivity index is 1.92. The molecule has 2 aromatic carbocycles. The van der Waals surface area contributed by atoms with Crippen molar-refractivity contribution in [1.82, 2.24) is 0 Å². The number of rotatable bonds is 4. The van der Waals surface area contributed by atoms with Gasteiger partial charge in [-0.25, -0.2) is 0 Å². The van der Waals surface area contributed by atoms with Gasteiger partial charge in [0.2, 0.25) is 0 Å². The topological polar surface area (TPSA) is 38.3 Å². The second-order valence-corrected chi connectivity index (χ2v) is 5.53. The minimum Gasteiger partial charge on any atom is -0.484 e. The van der Waals surface area contributed by atoms with E-state index < -0.39 is 0 Å². The van der Waals surface area contributed by atoms with Gasteiger partial charge >= 0.3 is 0 Å². The number of hydrogen-bond donors (Lipinski definition) is 1. The Morgan fingerprint density at radius 2 is 1.81 bits per heavy atom. The number of benzene rings is 2. The number of aryl methyl sites for hydroxylation is 2. The Morgan fingerprint density at radius 1 is 1.05 bits per heavy atom. The summed E-state index contributed by atoms with van der Waals surface area (Å²) >= 11 is 11.9. The summed E-state index contributed by atoms with van der Waals surface area (Å²) in [4.78, 5) is 11.8. The number of anilines is 1. The van der Waals surface area contributed by atoms with Crippen molar-refractivity contribution in [3.05, 3.63) is 57.6 Å². The predicted octanol–water partition coefficient (Wildman–Crippen LogP) is 4.63. The summed E-state index contributed by atoms with van der Waals surface area (Å²) < 4.78 is 5.43. The van der Waals surface area contributed by atoms with Gasteiger partial charge in [0.05, 0.1) is 0 Å². The molecule has 5 heteroatoms. The third-order valence-electron chi connectivity index (χ3n) is 2.95. The Labute approximate surface area is 133 Å². The molecule has 0 heterocycles. The van der Waals surface area contributed by atoms with Gasteiger partial charge in [0.15, 0.2) is 6.61 Å². The molecule has 0 aliphatic rings. The number of carbonyl (C=O) groups excluding carboxylic acids is 1. The highest BCUT2D eigenvalue weighted by Crippen LogP contribution is 2.22. The maximum atomic E-state index is 11.8. The van der Waals surface area contributed by atoms with Gasteiger partial charge in [0, 0.05) is 15.7 Å². The van der Waals surface area contributed by atoms with Crippen LogP contribution in [0.2, 0.25) is 10.0 Å². The molecule has 2 aromatic rings. The first-order chi connectivity index (χ1) is 9.95.